The number of halogens is 4. The standard InChI is InChI=1S/C30H29ClF3N5O5S/c1-15-7-16(3-4-21(15)31)12-39-26(24(13-40)43-2)37-23-9-19(27-35-11-25(45-27)30(32,33)34)22(10-20(23)28(39)41)36-17-5-6-38-18(8-17)14-44-29(38)42/h3-4,7,9-11,17-18,24,36,40H,5-6,8,12-14H2,1-2H3/t17-,18-,24?/m0/s1. The lowest BCUT2D eigenvalue weighted by Gasteiger charge is -2.33. The summed E-state index contributed by atoms with van der Waals surface area (Å²) in [6, 6.07) is 8.22. The van der Waals surface area contributed by atoms with Crippen molar-refractivity contribution >= 4 is 45.6 Å². The van der Waals surface area contributed by atoms with Crippen molar-refractivity contribution in [3.05, 3.63) is 73.7 Å². The number of amides is 1. The molecule has 0 aliphatic carbocycles. The first-order valence-corrected chi connectivity index (χ1v) is 15.4. The van der Waals surface area contributed by atoms with E-state index >= 15 is 0 Å². The highest BCUT2D eigenvalue weighted by molar-refractivity contribution is 7.15. The van der Waals surface area contributed by atoms with E-state index in [2.05, 4.69) is 10.3 Å². The highest BCUT2D eigenvalue weighted by Gasteiger charge is 2.39. The maximum Gasteiger partial charge on any atom is 0.427 e. The van der Waals surface area contributed by atoms with Gasteiger partial charge in [-0.1, -0.05) is 23.7 Å². The van der Waals surface area contributed by atoms with Crippen LogP contribution in [0.5, 0.6) is 0 Å². The molecule has 15 heteroatoms. The number of carbonyl (C=O) groups is 1. The SMILES string of the molecule is COC(CO)c1nc2cc(-c3ncc(C(F)(F)F)s3)c(N[C@H]3CCN4C(=O)OC[C@@H]4C3)cc2c(=O)n1Cc1ccc(Cl)c(C)c1. The summed E-state index contributed by atoms with van der Waals surface area (Å²) in [5, 5.41) is 14.4. The van der Waals surface area contributed by atoms with E-state index in [4.69, 9.17) is 26.1 Å². The summed E-state index contributed by atoms with van der Waals surface area (Å²) in [7, 11) is 1.38. The molecule has 2 aromatic heterocycles. The highest BCUT2D eigenvalue weighted by Crippen LogP contribution is 2.40. The molecule has 2 aliphatic heterocycles. The summed E-state index contributed by atoms with van der Waals surface area (Å²) in [6.07, 6.45) is -3.98. The number of cyclic esters (lactones) is 1. The van der Waals surface area contributed by atoms with Crippen LogP contribution in [0.25, 0.3) is 21.5 Å². The van der Waals surface area contributed by atoms with Crippen molar-refractivity contribution in [2.45, 2.75) is 50.7 Å². The monoisotopic (exact) mass is 663 g/mol. The van der Waals surface area contributed by atoms with Gasteiger partial charge in [0, 0.05) is 36.0 Å². The zero-order valence-electron chi connectivity index (χ0n) is 24.2. The van der Waals surface area contributed by atoms with Crippen LogP contribution >= 0.6 is 22.9 Å². The number of anilines is 1. The minimum Gasteiger partial charge on any atom is -0.447 e. The molecule has 0 bridgehead atoms. The van der Waals surface area contributed by atoms with Crippen molar-refractivity contribution in [1.82, 2.24) is 19.4 Å². The Morgan fingerprint density at radius 1 is 1.27 bits per heavy atom. The average molecular weight is 664 g/mol. The molecule has 2 N–H and O–H groups in total. The molecule has 10 nitrogen and oxygen atoms in total. The molecule has 0 spiro atoms. The van der Waals surface area contributed by atoms with Crippen LogP contribution in [0.2, 0.25) is 5.02 Å². The molecule has 4 heterocycles. The van der Waals surface area contributed by atoms with Gasteiger partial charge >= 0.3 is 12.3 Å². The first-order valence-electron chi connectivity index (χ1n) is 14.2. The predicted molar refractivity (Wildman–Crippen MR) is 163 cm³/mol. The Hall–Kier alpha value is -3.72. The number of aliphatic hydroxyl groups is 1. The Bertz CT molecular complexity index is 1830. The third-order valence-corrected chi connectivity index (χ3v) is 9.65. The Morgan fingerprint density at radius 2 is 2.07 bits per heavy atom. The molecule has 2 aliphatic rings. The summed E-state index contributed by atoms with van der Waals surface area (Å²) in [5.74, 6) is 0.158. The summed E-state index contributed by atoms with van der Waals surface area (Å²) < 4.78 is 52.7. The first-order chi connectivity index (χ1) is 21.5. The number of ether oxygens (including phenoxy) is 2. The molecule has 3 atom stereocenters. The number of methoxy groups -OCH3 is 1. The number of alkyl halides is 3. The number of aliphatic hydroxyl groups excluding tert-OH is 1. The molecule has 1 unspecified atom stereocenters. The van der Waals surface area contributed by atoms with Gasteiger partial charge in [-0.15, -0.1) is 11.3 Å². The second-order valence-electron chi connectivity index (χ2n) is 11.1. The Balaban J connectivity index is 1.49. The molecule has 1 amide bonds. The van der Waals surface area contributed by atoms with Crippen LogP contribution in [0, 0.1) is 6.92 Å². The van der Waals surface area contributed by atoms with Gasteiger partial charge in [0.15, 0.2) is 0 Å². The number of hydrogen-bond acceptors (Lipinski definition) is 9. The summed E-state index contributed by atoms with van der Waals surface area (Å²) in [4.78, 5) is 35.8. The van der Waals surface area contributed by atoms with Gasteiger partial charge in [0.1, 0.15) is 28.4 Å². The lowest BCUT2D eigenvalue weighted by Crippen LogP contribution is -2.45. The number of benzene rings is 2. The van der Waals surface area contributed by atoms with Crippen LogP contribution in [0.1, 0.15) is 40.8 Å². The smallest absolute Gasteiger partial charge is 0.427 e. The maximum absolute atomic E-state index is 14.2. The van der Waals surface area contributed by atoms with E-state index in [1.807, 2.05) is 13.0 Å². The van der Waals surface area contributed by atoms with E-state index in [1.54, 1.807) is 29.2 Å². The Kier molecular flexibility index (Phi) is 8.50. The van der Waals surface area contributed by atoms with Crippen molar-refractivity contribution < 1.29 is 32.5 Å². The minimum atomic E-state index is -4.58. The van der Waals surface area contributed by atoms with Crippen LogP contribution in [0.15, 0.2) is 41.3 Å². The van der Waals surface area contributed by atoms with Gasteiger partial charge < -0.3 is 24.8 Å². The maximum atomic E-state index is 14.2. The summed E-state index contributed by atoms with van der Waals surface area (Å²) in [6.45, 7) is 2.21. The van der Waals surface area contributed by atoms with E-state index in [1.165, 1.54) is 11.7 Å². The van der Waals surface area contributed by atoms with Gasteiger partial charge in [0.25, 0.3) is 5.56 Å². The number of nitrogens with zero attached hydrogens (tertiary/aromatic N) is 4. The van der Waals surface area contributed by atoms with E-state index in [9.17, 15) is 27.9 Å². The molecule has 238 valence electrons. The fourth-order valence-electron chi connectivity index (χ4n) is 5.81. The molecule has 0 radical (unpaired) electrons. The third-order valence-electron chi connectivity index (χ3n) is 8.15. The third kappa shape index (κ3) is 6.11. The number of piperidine rings is 1. The van der Waals surface area contributed by atoms with Crippen LogP contribution in [-0.4, -0.2) is 69.6 Å². The normalized spacial score (nSPS) is 19.1. The van der Waals surface area contributed by atoms with Crippen LogP contribution in [0.3, 0.4) is 0 Å². The lowest BCUT2D eigenvalue weighted by molar-refractivity contribution is -0.134. The van der Waals surface area contributed by atoms with Crippen LogP contribution in [0.4, 0.5) is 23.7 Å². The Morgan fingerprint density at radius 3 is 2.76 bits per heavy atom. The van der Waals surface area contributed by atoms with Gasteiger partial charge in [-0.25, -0.2) is 14.8 Å². The number of rotatable bonds is 8. The fourth-order valence-corrected chi connectivity index (χ4v) is 6.74. The summed E-state index contributed by atoms with van der Waals surface area (Å²) >= 11 is 6.70. The number of thiazole rings is 1. The van der Waals surface area contributed by atoms with Crippen molar-refractivity contribution in [1.29, 1.82) is 0 Å². The van der Waals surface area contributed by atoms with E-state index < -0.39 is 29.3 Å². The molecular weight excluding hydrogens is 635 g/mol. The number of aryl methyl sites for hydroxylation is 1. The van der Waals surface area contributed by atoms with E-state index in [-0.39, 0.29) is 53.1 Å². The molecule has 2 saturated heterocycles. The molecule has 4 aromatic rings. The van der Waals surface area contributed by atoms with Crippen molar-refractivity contribution in [2.75, 3.05) is 32.2 Å². The average Bonchev–Trinajstić information content (AvgIpc) is 3.65. The molecule has 0 saturated carbocycles. The van der Waals surface area contributed by atoms with E-state index in [0.717, 1.165) is 17.3 Å². The highest BCUT2D eigenvalue weighted by atomic mass is 35.5. The number of hydrogen-bond donors (Lipinski definition) is 2. The van der Waals surface area contributed by atoms with E-state index in [0.29, 0.717) is 47.0 Å². The van der Waals surface area contributed by atoms with Crippen LogP contribution in [-0.2, 0) is 22.2 Å². The molecule has 45 heavy (non-hydrogen) atoms. The van der Waals surface area contributed by atoms with Gasteiger partial charge in [0.2, 0.25) is 0 Å². The molecule has 2 fully saturated rings. The quantitative estimate of drug-likeness (QED) is 0.249. The van der Waals surface area contributed by atoms with Gasteiger partial charge in [0.05, 0.1) is 36.3 Å². The van der Waals surface area contributed by atoms with Gasteiger partial charge in [-0.2, -0.15) is 13.2 Å². The topological polar surface area (TPSA) is 119 Å². The first kappa shape index (κ1) is 31.3. The van der Waals surface area contributed by atoms with Crippen molar-refractivity contribution in [3.63, 3.8) is 0 Å². The number of nitrogens with one attached hydrogen (secondary N) is 1. The second-order valence-corrected chi connectivity index (χ2v) is 12.5. The van der Waals surface area contributed by atoms with Gasteiger partial charge in [-0.3, -0.25) is 9.36 Å². The van der Waals surface area contributed by atoms with Crippen LogP contribution < -0.4 is 10.9 Å². The fraction of sp³-hybridized carbons (Fsp3) is 0.400. The number of aromatic nitrogens is 3. The largest absolute Gasteiger partial charge is 0.447 e. The second kappa shape index (κ2) is 12.2. The molecule has 2 aromatic carbocycles. The molecular formula is C30H29ClF3N5O5S. The zero-order chi connectivity index (χ0) is 32.0. The predicted octanol–water partition coefficient (Wildman–Crippen LogP) is 5.62. The molecule has 6 rings (SSSR count). The minimum absolute atomic E-state index is 0.0955. The number of fused-ring (bicyclic) bond motifs is 2. The zero-order valence-corrected chi connectivity index (χ0v) is 25.8. The van der Waals surface area contributed by atoms with Crippen molar-refractivity contribution in [2.24, 2.45) is 0 Å². The summed E-state index contributed by atoms with van der Waals surface area (Å²) in [5.41, 5.74) is 2.13. The van der Waals surface area contributed by atoms with Gasteiger partial charge in [-0.05, 0) is 49.1 Å². The lowest BCUT2D eigenvalue weighted by atomic mass is 9.97. The number of carbonyl (C=O) groups excluding carboxylic acids is 1. The van der Waals surface area contributed by atoms with Crippen molar-refractivity contribution in [3.8, 4) is 10.6 Å². The Labute approximate surface area is 264 Å².